The van der Waals surface area contributed by atoms with Crippen LogP contribution < -0.4 is 15.4 Å². The third kappa shape index (κ3) is 3.70. The van der Waals surface area contributed by atoms with Crippen molar-refractivity contribution >= 4 is 34.4 Å². The molecule has 2 aromatic carbocycles. The van der Waals surface area contributed by atoms with Crippen LogP contribution in [0.15, 0.2) is 42.5 Å². The van der Waals surface area contributed by atoms with Crippen LogP contribution in [-0.4, -0.2) is 17.1 Å². The molecule has 0 bridgehead atoms. The Morgan fingerprint density at radius 2 is 1.95 bits per heavy atom. The SMILES string of the molecule is COc1ccccc1NC(=S)Nc1ccc(C)c([N+](=O)[O-])c1. The monoisotopic (exact) mass is 317 g/mol. The third-order valence-corrected chi connectivity index (χ3v) is 3.22. The molecule has 0 aromatic heterocycles. The topological polar surface area (TPSA) is 76.4 Å². The summed E-state index contributed by atoms with van der Waals surface area (Å²) in [4.78, 5) is 10.5. The molecule has 0 radical (unpaired) electrons. The van der Waals surface area contributed by atoms with Gasteiger partial charge in [-0.2, -0.15) is 0 Å². The van der Waals surface area contributed by atoms with Crippen LogP contribution in [0.25, 0.3) is 0 Å². The second kappa shape index (κ2) is 6.86. The Morgan fingerprint density at radius 3 is 2.64 bits per heavy atom. The molecule has 2 aromatic rings. The highest BCUT2D eigenvalue weighted by atomic mass is 32.1. The van der Waals surface area contributed by atoms with E-state index in [0.29, 0.717) is 27.8 Å². The molecule has 7 heteroatoms. The zero-order valence-electron chi connectivity index (χ0n) is 12.1. The summed E-state index contributed by atoms with van der Waals surface area (Å²) < 4.78 is 5.22. The molecule has 114 valence electrons. The number of anilines is 2. The van der Waals surface area contributed by atoms with E-state index in [1.807, 2.05) is 24.3 Å². The number of benzene rings is 2. The molecule has 22 heavy (non-hydrogen) atoms. The molecule has 0 spiro atoms. The number of hydrogen-bond donors (Lipinski definition) is 2. The minimum Gasteiger partial charge on any atom is -0.495 e. The van der Waals surface area contributed by atoms with Crippen molar-refractivity contribution in [3.05, 3.63) is 58.1 Å². The number of nitro groups is 1. The number of nitro benzene ring substituents is 1. The Kier molecular flexibility index (Phi) is 4.90. The number of thiocarbonyl (C=S) groups is 1. The fraction of sp³-hybridized carbons (Fsp3) is 0.133. The van der Waals surface area contributed by atoms with Crippen molar-refractivity contribution in [2.45, 2.75) is 6.92 Å². The first-order valence-corrected chi connectivity index (χ1v) is 6.88. The van der Waals surface area contributed by atoms with E-state index in [9.17, 15) is 10.1 Å². The molecule has 0 unspecified atom stereocenters. The summed E-state index contributed by atoms with van der Waals surface area (Å²) >= 11 is 5.22. The number of para-hydroxylation sites is 2. The lowest BCUT2D eigenvalue weighted by Gasteiger charge is -2.13. The van der Waals surface area contributed by atoms with Crippen LogP contribution in [-0.2, 0) is 0 Å². The molecule has 0 saturated heterocycles. The molecule has 0 heterocycles. The normalized spacial score (nSPS) is 9.91. The molecule has 0 fully saturated rings. The van der Waals surface area contributed by atoms with Gasteiger partial charge >= 0.3 is 0 Å². The molecular weight excluding hydrogens is 302 g/mol. The maximum atomic E-state index is 10.9. The van der Waals surface area contributed by atoms with E-state index in [2.05, 4.69) is 10.6 Å². The lowest BCUT2D eigenvalue weighted by Crippen LogP contribution is -2.19. The van der Waals surface area contributed by atoms with Crippen molar-refractivity contribution in [1.29, 1.82) is 0 Å². The first-order chi connectivity index (χ1) is 10.5. The van der Waals surface area contributed by atoms with Gasteiger partial charge in [-0.15, -0.1) is 0 Å². The van der Waals surface area contributed by atoms with Gasteiger partial charge < -0.3 is 15.4 Å². The Morgan fingerprint density at radius 1 is 1.23 bits per heavy atom. The smallest absolute Gasteiger partial charge is 0.274 e. The third-order valence-electron chi connectivity index (χ3n) is 3.02. The van der Waals surface area contributed by atoms with Crippen LogP contribution in [0.4, 0.5) is 17.1 Å². The van der Waals surface area contributed by atoms with E-state index in [1.54, 1.807) is 26.2 Å². The summed E-state index contributed by atoms with van der Waals surface area (Å²) in [5.41, 5.74) is 1.90. The molecule has 2 rings (SSSR count). The summed E-state index contributed by atoms with van der Waals surface area (Å²) in [5, 5.41) is 17.2. The van der Waals surface area contributed by atoms with E-state index in [0.717, 1.165) is 0 Å². The predicted octanol–water partition coefficient (Wildman–Crippen LogP) is 3.72. The van der Waals surface area contributed by atoms with Crippen molar-refractivity contribution in [3.63, 3.8) is 0 Å². The number of ether oxygens (including phenoxy) is 1. The fourth-order valence-corrected chi connectivity index (χ4v) is 2.14. The minimum absolute atomic E-state index is 0.0464. The number of nitrogens with zero attached hydrogens (tertiary/aromatic N) is 1. The molecule has 2 N–H and O–H groups in total. The zero-order valence-corrected chi connectivity index (χ0v) is 12.9. The van der Waals surface area contributed by atoms with Gasteiger partial charge in [-0.3, -0.25) is 10.1 Å². The van der Waals surface area contributed by atoms with Gasteiger partial charge in [0.2, 0.25) is 0 Å². The van der Waals surface area contributed by atoms with Gasteiger partial charge in [0.25, 0.3) is 5.69 Å². The lowest BCUT2D eigenvalue weighted by atomic mass is 10.2. The van der Waals surface area contributed by atoms with Crippen molar-refractivity contribution in [3.8, 4) is 5.75 Å². The average molecular weight is 317 g/mol. The van der Waals surface area contributed by atoms with E-state index < -0.39 is 4.92 Å². The van der Waals surface area contributed by atoms with Gasteiger partial charge in [-0.25, -0.2) is 0 Å². The summed E-state index contributed by atoms with van der Waals surface area (Å²) in [7, 11) is 1.57. The van der Waals surface area contributed by atoms with E-state index in [-0.39, 0.29) is 5.69 Å². The van der Waals surface area contributed by atoms with E-state index >= 15 is 0 Å². The summed E-state index contributed by atoms with van der Waals surface area (Å²) in [6, 6.07) is 12.2. The van der Waals surface area contributed by atoms with E-state index in [4.69, 9.17) is 17.0 Å². The van der Waals surface area contributed by atoms with Crippen LogP contribution >= 0.6 is 12.2 Å². The van der Waals surface area contributed by atoms with Crippen LogP contribution in [0.3, 0.4) is 0 Å². The summed E-state index contributed by atoms with van der Waals surface area (Å²) in [6.45, 7) is 1.69. The van der Waals surface area contributed by atoms with Crippen LogP contribution in [0.1, 0.15) is 5.56 Å². The Balaban J connectivity index is 2.12. The van der Waals surface area contributed by atoms with Gasteiger partial charge in [-0.1, -0.05) is 18.2 Å². The largest absolute Gasteiger partial charge is 0.495 e. The molecule has 0 aliphatic carbocycles. The highest BCUT2D eigenvalue weighted by Gasteiger charge is 2.12. The van der Waals surface area contributed by atoms with Crippen LogP contribution in [0, 0.1) is 17.0 Å². The number of rotatable bonds is 4. The second-order valence-electron chi connectivity index (χ2n) is 4.54. The Hall–Kier alpha value is -2.67. The Labute approximate surface area is 133 Å². The van der Waals surface area contributed by atoms with Crippen molar-refractivity contribution < 1.29 is 9.66 Å². The first kappa shape index (κ1) is 15.7. The molecule has 0 amide bonds. The van der Waals surface area contributed by atoms with E-state index in [1.165, 1.54) is 6.07 Å². The average Bonchev–Trinajstić information content (AvgIpc) is 2.49. The molecule has 0 aliphatic heterocycles. The lowest BCUT2D eigenvalue weighted by molar-refractivity contribution is -0.385. The Bertz CT molecular complexity index is 719. The second-order valence-corrected chi connectivity index (χ2v) is 4.95. The number of methoxy groups -OCH3 is 1. The quantitative estimate of drug-likeness (QED) is 0.508. The summed E-state index contributed by atoms with van der Waals surface area (Å²) in [5.74, 6) is 0.654. The molecule has 0 aliphatic rings. The van der Waals surface area contributed by atoms with Crippen molar-refractivity contribution in [2.75, 3.05) is 17.7 Å². The van der Waals surface area contributed by atoms with Crippen LogP contribution in [0.5, 0.6) is 5.75 Å². The molecular formula is C15H15N3O3S. The van der Waals surface area contributed by atoms with Gasteiger partial charge in [0, 0.05) is 17.3 Å². The van der Waals surface area contributed by atoms with Crippen molar-refractivity contribution in [2.24, 2.45) is 0 Å². The van der Waals surface area contributed by atoms with Crippen LogP contribution in [0.2, 0.25) is 0 Å². The molecule has 0 atom stereocenters. The van der Waals surface area contributed by atoms with Gasteiger partial charge in [0.1, 0.15) is 5.75 Å². The van der Waals surface area contributed by atoms with Gasteiger partial charge in [-0.05, 0) is 37.3 Å². The highest BCUT2D eigenvalue weighted by Crippen LogP contribution is 2.25. The minimum atomic E-state index is -0.419. The van der Waals surface area contributed by atoms with Gasteiger partial charge in [0.05, 0.1) is 17.7 Å². The number of hydrogen-bond acceptors (Lipinski definition) is 4. The zero-order chi connectivity index (χ0) is 16.1. The fourth-order valence-electron chi connectivity index (χ4n) is 1.92. The standard InChI is InChI=1S/C15H15N3O3S/c1-10-7-8-11(9-13(10)18(19)20)16-15(22)17-12-5-3-4-6-14(12)21-2/h3-9H,1-2H3,(H2,16,17,22). The maximum Gasteiger partial charge on any atom is 0.274 e. The number of aryl methyl sites for hydroxylation is 1. The summed E-state index contributed by atoms with van der Waals surface area (Å²) in [6.07, 6.45) is 0. The van der Waals surface area contributed by atoms with Gasteiger partial charge in [0.15, 0.2) is 5.11 Å². The first-order valence-electron chi connectivity index (χ1n) is 6.47. The number of nitrogens with one attached hydrogen (secondary N) is 2. The van der Waals surface area contributed by atoms with Crippen molar-refractivity contribution in [1.82, 2.24) is 0 Å². The predicted molar refractivity (Wildman–Crippen MR) is 90.7 cm³/mol. The molecule has 6 nitrogen and oxygen atoms in total. The maximum absolute atomic E-state index is 10.9. The molecule has 0 saturated carbocycles. The highest BCUT2D eigenvalue weighted by molar-refractivity contribution is 7.80.